The van der Waals surface area contributed by atoms with E-state index in [4.69, 9.17) is 4.74 Å². The molecular formula is C21H22N2O4S. The van der Waals surface area contributed by atoms with Crippen molar-refractivity contribution in [2.75, 3.05) is 10.6 Å². The fraction of sp³-hybridized carbons (Fsp3) is 0.286. The second-order valence-corrected chi connectivity index (χ2v) is 7.98. The summed E-state index contributed by atoms with van der Waals surface area (Å²) in [7, 11) is 0. The molecule has 0 spiro atoms. The summed E-state index contributed by atoms with van der Waals surface area (Å²) in [6.45, 7) is 5.34. The smallest absolute Gasteiger partial charge is 0.308 e. The monoisotopic (exact) mass is 398 g/mol. The summed E-state index contributed by atoms with van der Waals surface area (Å²) in [6.07, 6.45) is -1.07. The van der Waals surface area contributed by atoms with Crippen LogP contribution in [0.15, 0.2) is 47.4 Å². The van der Waals surface area contributed by atoms with E-state index in [-0.39, 0.29) is 12.3 Å². The number of anilines is 2. The van der Waals surface area contributed by atoms with Crippen LogP contribution in [0.2, 0.25) is 0 Å². The molecule has 1 aliphatic heterocycles. The molecule has 0 bridgehead atoms. The van der Waals surface area contributed by atoms with Crippen molar-refractivity contribution < 1.29 is 19.1 Å². The summed E-state index contributed by atoms with van der Waals surface area (Å²) >= 11 is 1.32. The molecule has 6 nitrogen and oxygen atoms in total. The zero-order valence-electron chi connectivity index (χ0n) is 15.9. The number of ether oxygens (including phenoxy) is 1. The summed E-state index contributed by atoms with van der Waals surface area (Å²) < 4.78 is 5.25. The second-order valence-electron chi connectivity index (χ2n) is 6.74. The molecule has 3 rings (SSSR count). The molecule has 2 aromatic carbocycles. The Morgan fingerprint density at radius 1 is 1.21 bits per heavy atom. The van der Waals surface area contributed by atoms with E-state index in [2.05, 4.69) is 10.6 Å². The van der Waals surface area contributed by atoms with Crippen LogP contribution in [0.4, 0.5) is 11.4 Å². The number of hydrogen-bond donors (Lipinski definition) is 2. The lowest BCUT2D eigenvalue weighted by atomic mass is 10.1. The molecule has 0 aromatic heterocycles. The Labute approximate surface area is 168 Å². The quantitative estimate of drug-likeness (QED) is 0.751. The summed E-state index contributed by atoms with van der Waals surface area (Å²) in [4.78, 5) is 37.7. The molecule has 2 atom stereocenters. The first-order chi connectivity index (χ1) is 13.3. The van der Waals surface area contributed by atoms with E-state index in [9.17, 15) is 14.4 Å². The van der Waals surface area contributed by atoms with Gasteiger partial charge in [-0.25, -0.2) is 0 Å². The van der Waals surface area contributed by atoms with Gasteiger partial charge in [-0.3, -0.25) is 14.4 Å². The number of aryl methyl sites for hydroxylation is 2. The normalized spacial score (nSPS) is 16.5. The van der Waals surface area contributed by atoms with Crippen LogP contribution in [-0.2, 0) is 19.1 Å². The Hall–Kier alpha value is -2.80. The molecule has 0 aliphatic carbocycles. The van der Waals surface area contributed by atoms with Crippen LogP contribution >= 0.6 is 11.8 Å². The highest BCUT2D eigenvalue weighted by Crippen LogP contribution is 2.36. The molecule has 0 unspecified atom stereocenters. The van der Waals surface area contributed by atoms with Gasteiger partial charge in [0, 0.05) is 10.6 Å². The van der Waals surface area contributed by atoms with Gasteiger partial charge in [-0.15, -0.1) is 11.8 Å². The van der Waals surface area contributed by atoms with E-state index in [0.717, 1.165) is 21.7 Å². The zero-order chi connectivity index (χ0) is 20.3. The van der Waals surface area contributed by atoms with Crippen molar-refractivity contribution in [1.82, 2.24) is 0 Å². The van der Waals surface area contributed by atoms with Crippen molar-refractivity contribution in [3.05, 3.63) is 53.6 Å². The maximum absolute atomic E-state index is 12.4. The Morgan fingerprint density at radius 2 is 1.96 bits per heavy atom. The maximum atomic E-state index is 12.4. The van der Waals surface area contributed by atoms with Crippen molar-refractivity contribution >= 4 is 40.9 Å². The second kappa shape index (κ2) is 8.48. The fourth-order valence-electron chi connectivity index (χ4n) is 2.78. The van der Waals surface area contributed by atoms with E-state index < -0.39 is 23.2 Å². The van der Waals surface area contributed by atoms with Gasteiger partial charge in [-0.05, 0) is 50.1 Å². The molecule has 0 fully saturated rings. The number of thioether (sulfide) groups is 1. The van der Waals surface area contributed by atoms with Crippen LogP contribution in [0.5, 0.6) is 0 Å². The first-order valence-corrected chi connectivity index (χ1v) is 9.85. The molecule has 28 heavy (non-hydrogen) atoms. The van der Waals surface area contributed by atoms with Crippen LogP contribution in [0.1, 0.15) is 24.5 Å². The lowest BCUT2D eigenvalue weighted by Crippen LogP contribution is -2.34. The van der Waals surface area contributed by atoms with Crippen LogP contribution in [0.25, 0.3) is 0 Å². The van der Waals surface area contributed by atoms with Gasteiger partial charge in [0.1, 0.15) is 0 Å². The minimum absolute atomic E-state index is 0.105. The van der Waals surface area contributed by atoms with Crippen molar-refractivity contribution in [1.29, 1.82) is 0 Å². The Morgan fingerprint density at radius 3 is 2.75 bits per heavy atom. The van der Waals surface area contributed by atoms with Gasteiger partial charge in [-0.1, -0.05) is 24.3 Å². The molecule has 1 aliphatic rings. The topological polar surface area (TPSA) is 84.5 Å². The van der Waals surface area contributed by atoms with Crippen LogP contribution in [-0.4, -0.2) is 29.1 Å². The van der Waals surface area contributed by atoms with Crippen LogP contribution < -0.4 is 10.6 Å². The zero-order valence-corrected chi connectivity index (χ0v) is 16.8. The van der Waals surface area contributed by atoms with Gasteiger partial charge in [0.25, 0.3) is 5.91 Å². The first kappa shape index (κ1) is 19.9. The molecule has 0 saturated heterocycles. The van der Waals surface area contributed by atoms with E-state index in [0.29, 0.717) is 5.69 Å². The highest BCUT2D eigenvalue weighted by atomic mass is 32.2. The lowest BCUT2D eigenvalue weighted by Gasteiger charge is -2.23. The minimum Gasteiger partial charge on any atom is -0.452 e. The number of benzene rings is 2. The third-order valence-corrected chi connectivity index (χ3v) is 5.66. The summed E-state index contributed by atoms with van der Waals surface area (Å²) in [5, 5.41) is 4.98. The first-order valence-electron chi connectivity index (χ1n) is 8.97. The number of esters is 1. The average molecular weight is 398 g/mol. The van der Waals surface area contributed by atoms with Crippen molar-refractivity contribution in [3.8, 4) is 0 Å². The number of carbonyl (C=O) groups excluding carboxylic acids is 3. The number of carbonyl (C=O) groups is 3. The largest absolute Gasteiger partial charge is 0.452 e. The molecule has 2 N–H and O–H groups in total. The molecule has 2 aromatic rings. The van der Waals surface area contributed by atoms with E-state index in [1.807, 2.05) is 56.3 Å². The van der Waals surface area contributed by atoms with Gasteiger partial charge < -0.3 is 15.4 Å². The predicted octanol–water partition coefficient (Wildman–Crippen LogP) is 3.68. The highest BCUT2D eigenvalue weighted by molar-refractivity contribution is 8.01. The highest BCUT2D eigenvalue weighted by Gasteiger charge is 2.30. The molecule has 0 saturated carbocycles. The number of amides is 2. The molecule has 146 valence electrons. The number of hydrogen-bond acceptors (Lipinski definition) is 5. The number of fused-ring (bicyclic) bond motifs is 1. The lowest BCUT2D eigenvalue weighted by molar-refractivity contribution is -0.153. The maximum Gasteiger partial charge on any atom is 0.308 e. The van der Waals surface area contributed by atoms with E-state index in [1.165, 1.54) is 18.7 Å². The van der Waals surface area contributed by atoms with E-state index in [1.54, 1.807) is 0 Å². The van der Waals surface area contributed by atoms with Crippen molar-refractivity contribution in [2.24, 2.45) is 0 Å². The van der Waals surface area contributed by atoms with Crippen LogP contribution in [0.3, 0.4) is 0 Å². The molecule has 1 heterocycles. The predicted molar refractivity (Wildman–Crippen MR) is 109 cm³/mol. The SMILES string of the molecule is Cc1ccc(C)c(NC(=O)[C@@H](C)OC(=O)C[C@@H]2Sc3ccccc3NC2=O)c1. The Kier molecular flexibility index (Phi) is 6.04. The minimum atomic E-state index is -0.962. The van der Waals surface area contributed by atoms with Crippen molar-refractivity contribution in [2.45, 2.75) is 43.4 Å². The summed E-state index contributed by atoms with van der Waals surface area (Å²) in [5.74, 6) is -1.24. The number of rotatable bonds is 5. The molecule has 0 radical (unpaired) electrons. The number of para-hydroxylation sites is 1. The van der Waals surface area contributed by atoms with Gasteiger partial charge in [0.15, 0.2) is 6.10 Å². The van der Waals surface area contributed by atoms with Crippen LogP contribution in [0, 0.1) is 13.8 Å². The molecule has 7 heteroatoms. The van der Waals surface area contributed by atoms with Crippen molar-refractivity contribution in [3.63, 3.8) is 0 Å². The Bertz CT molecular complexity index is 928. The van der Waals surface area contributed by atoms with Gasteiger partial charge >= 0.3 is 5.97 Å². The third-order valence-electron chi connectivity index (χ3n) is 4.39. The number of nitrogens with one attached hydrogen (secondary N) is 2. The summed E-state index contributed by atoms with van der Waals surface area (Å²) in [5.41, 5.74) is 3.37. The Balaban J connectivity index is 1.56. The van der Waals surface area contributed by atoms with E-state index >= 15 is 0 Å². The molecular weight excluding hydrogens is 376 g/mol. The van der Waals surface area contributed by atoms with Gasteiger partial charge in [-0.2, -0.15) is 0 Å². The third kappa shape index (κ3) is 4.72. The summed E-state index contributed by atoms with van der Waals surface area (Å²) in [6, 6.07) is 13.1. The average Bonchev–Trinajstić information content (AvgIpc) is 2.65. The fourth-order valence-corrected chi connectivity index (χ4v) is 3.88. The van der Waals surface area contributed by atoms with Gasteiger partial charge in [0.2, 0.25) is 5.91 Å². The standard InChI is InChI=1S/C21H22N2O4S/c1-12-8-9-13(2)16(10-12)23-20(25)14(3)27-19(24)11-18-21(26)22-15-6-4-5-7-17(15)28-18/h4-10,14,18H,11H2,1-3H3,(H,22,26)(H,23,25)/t14-,18+/m1/s1. The molecule has 2 amide bonds. The van der Waals surface area contributed by atoms with Gasteiger partial charge in [0.05, 0.1) is 17.4 Å².